The van der Waals surface area contributed by atoms with Crippen LogP contribution in [-0.2, 0) is 0 Å². The van der Waals surface area contributed by atoms with Crippen LogP contribution in [0.2, 0.25) is 0 Å². The van der Waals surface area contributed by atoms with Crippen molar-refractivity contribution in [2.45, 2.75) is 19.8 Å². The van der Waals surface area contributed by atoms with Crippen molar-refractivity contribution >= 4 is 5.78 Å². The standard InChI is InChI=1S/C15H21NO2/c1-3-16(10-12-8-9-12)11-14(17)13-6-4-5-7-15(13)18-2/h4-7,12H,3,8-11H2,1-2H3. The number of methoxy groups -OCH3 is 1. The average Bonchev–Trinajstić information content (AvgIpc) is 3.21. The summed E-state index contributed by atoms with van der Waals surface area (Å²) in [6.07, 6.45) is 2.64. The van der Waals surface area contributed by atoms with E-state index in [-0.39, 0.29) is 5.78 Å². The number of hydrogen-bond donors (Lipinski definition) is 0. The van der Waals surface area contributed by atoms with Gasteiger partial charge in [0, 0.05) is 6.54 Å². The molecule has 0 radical (unpaired) electrons. The molecule has 0 aliphatic heterocycles. The number of ether oxygens (including phenoxy) is 1. The van der Waals surface area contributed by atoms with Crippen molar-refractivity contribution < 1.29 is 9.53 Å². The lowest BCUT2D eigenvalue weighted by Gasteiger charge is -2.19. The molecule has 98 valence electrons. The molecule has 0 unspecified atom stereocenters. The molecule has 0 N–H and O–H groups in total. The number of para-hydroxylation sites is 1. The highest BCUT2D eigenvalue weighted by Gasteiger charge is 2.25. The molecule has 1 fully saturated rings. The average molecular weight is 247 g/mol. The van der Waals surface area contributed by atoms with Gasteiger partial charge in [0.25, 0.3) is 0 Å². The first-order chi connectivity index (χ1) is 8.74. The molecule has 0 amide bonds. The maximum atomic E-state index is 12.3. The summed E-state index contributed by atoms with van der Waals surface area (Å²) in [5.41, 5.74) is 0.689. The van der Waals surface area contributed by atoms with E-state index in [9.17, 15) is 4.79 Å². The van der Waals surface area contributed by atoms with Gasteiger partial charge in [-0.25, -0.2) is 0 Å². The lowest BCUT2D eigenvalue weighted by atomic mass is 10.1. The maximum absolute atomic E-state index is 12.3. The van der Waals surface area contributed by atoms with Crippen LogP contribution < -0.4 is 4.74 Å². The quantitative estimate of drug-likeness (QED) is 0.694. The molecule has 3 heteroatoms. The van der Waals surface area contributed by atoms with Crippen LogP contribution in [0, 0.1) is 5.92 Å². The summed E-state index contributed by atoms with van der Waals surface area (Å²) in [7, 11) is 1.61. The third-order valence-corrected chi connectivity index (χ3v) is 3.44. The molecule has 0 aromatic heterocycles. The molecule has 0 heterocycles. The summed E-state index contributed by atoms with van der Waals surface area (Å²) < 4.78 is 5.24. The third-order valence-electron chi connectivity index (χ3n) is 3.44. The topological polar surface area (TPSA) is 29.5 Å². The van der Waals surface area contributed by atoms with Gasteiger partial charge < -0.3 is 4.74 Å². The van der Waals surface area contributed by atoms with Crippen LogP contribution in [0.15, 0.2) is 24.3 Å². The van der Waals surface area contributed by atoms with Gasteiger partial charge in [0.2, 0.25) is 0 Å². The van der Waals surface area contributed by atoms with E-state index in [1.807, 2.05) is 24.3 Å². The molecule has 0 spiro atoms. The largest absolute Gasteiger partial charge is 0.496 e. The Labute approximate surface area is 109 Å². The monoisotopic (exact) mass is 247 g/mol. The van der Waals surface area contributed by atoms with Crippen molar-refractivity contribution in [3.8, 4) is 5.75 Å². The summed E-state index contributed by atoms with van der Waals surface area (Å²) in [6, 6.07) is 7.45. The van der Waals surface area contributed by atoms with Gasteiger partial charge in [-0.1, -0.05) is 19.1 Å². The zero-order valence-corrected chi connectivity index (χ0v) is 11.2. The molecule has 1 aromatic carbocycles. The summed E-state index contributed by atoms with van der Waals surface area (Å²) in [6.45, 7) is 4.58. The molecule has 18 heavy (non-hydrogen) atoms. The van der Waals surface area contributed by atoms with Crippen LogP contribution in [-0.4, -0.2) is 37.4 Å². The third kappa shape index (κ3) is 3.33. The molecule has 1 aliphatic rings. The van der Waals surface area contributed by atoms with E-state index in [0.717, 1.165) is 19.0 Å². The molecule has 2 rings (SSSR count). The van der Waals surface area contributed by atoms with Crippen LogP contribution in [0.3, 0.4) is 0 Å². The van der Waals surface area contributed by atoms with Gasteiger partial charge in [0.15, 0.2) is 5.78 Å². The minimum absolute atomic E-state index is 0.148. The van der Waals surface area contributed by atoms with E-state index in [1.165, 1.54) is 12.8 Å². The Hall–Kier alpha value is -1.35. The fourth-order valence-corrected chi connectivity index (χ4v) is 2.13. The molecule has 1 aliphatic carbocycles. The molecule has 0 atom stereocenters. The van der Waals surface area contributed by atoms with E-state index in [0.29, 0.717) is 17.9 Å². The Bertz CT molecular complexity index is 413. The van der Waals surface area contributed by atoms with Crippen LogP contribution in [0.1, 0.15) is 30.1 Å². The van der Waals surface area contributed by atoms with E-state index in [2.05, 4.69) is 11.8 Å². The Morgan fingerprint density at radius 2 is 2.11 bits per heavy atom. The van der Waals surface area contributed by atoms with Crippen molar-refractivity contribution in [2.75, 3.05) is 26.7 Å². The second kappa shape index (κ2) is 6.01. The Morgan fingerprint density at radius 3 is 2.72 bits per heavy atom. The maximum Gasteiger partial charge on any atom is 0.180 e. The van der Waals surface area contributed by atoms with Crippen LogP contribution >= 0.6 is 0 Å². The van der Waals surface area contributed by atoms with Crippen LogP contribution in [0.4, 0.5) is 0 Å². The number of hydrogen-bond acceptors (Lipinski definition) is 3. The summed E-state index contributed by atoms with van der Waals surface area (Å²) >= 11 is 0. The highest BCUT2D eigenvalue weighted by atomic mass is 16.5. The number of rotatable bonds is 7. The van der Waals surface area contributed by atoms with E-state index in [1.54, 1.807) is 7.11 Å². The van der Waals surface area contributed by atoms with Crippen molar-refractivity contribution in [3.05, 3.63) is 29.8 Å². The highest BCUT2D eigenvalue weighted by Crippen LogP contribution is 2.29. The van der Waals surface area contributed by atoms with Crippen molar-refractivity contribution in [3.63, 3.8) is 0 Å². The predicted molar refractivity (Wildman–Crippen MR) is 72.2 cm³/mol. The molecule has 0 saturated heterocycles. The number of likely N-dealkylation sites (N-methyl/N-ethyl adjacent to an activating group) is 1. The number of Topliss-reactive ketones (excluding diaryl/α,β-unsaturated/α-hetero) is 1. The number of ketones is 1. The summed E-state index contributed by atoms with van der Waals surface area (Å²) in [4.78, 5) is 14.5. The number of nitrogens with zero attached hydrogens (tertiary/aromatic N) is 1. The molecular weight excluding hydrogens is 226 g/mol. The van der Waals surface area contributed by atoms with E-state index in [4.69, 9.17) is 4.74 Å². The Balaban J connectivity index is 2.00. The minimum Gasteiger partial charge on any atom is -0.496 e. The molecule has 1 aromatic rings. The lowest BCUT2D eigenvalue weighted by Crippen LogP contribution is -2.31. The second-order valence-corrected chi connectivity index (χ2v) is 4.89. The van der Waals surface area contributed by atoms with E-state index < -0.39 is 0 Å². The van der Waals surface area contributed by atoms with Gasteiger partial charge in [-0.3, -0.25) is 9.69 Å². The van der Waals surface area contributed by atoms with Gasteiger partial charge in [-0.15, -0.1) is 0 Å². The zero-order chi connectivity index (χ0) is 13.0. The Morgan fingerprint density at radius 1 is 1.39 bits per heavy atom. The first-order valence-electron chi connectivity index (χ1n) is 6.63. The summed E-state index contributed by atoms with van der Waals surface area (Å²) in [5.74, 6) is 1.63. The van der Waals surface area contributed by atoms with Gasteiger partial charge in [-0.2, -0.15) is 0 Å². The number of benzene rings is 1. The Kier molecular flexibility index (Phi) is 4.37. The SMILES string of the molecule is CCN(CC(=O)c1ccccc1OC)CC1CC1. The van der Waals surface area contributed by atoms with Crippen LogP contribution in [0.5, 0.6) is 5.75 Å². The summed E-state index contributed by atoms with van der Waals surface area (Å²) in [5, 5.41) is 0. The first-order valence-corrected chi connectivity index (χ1v) is 6.63. The zero-order valence-electron chi connectivity index (χ0n) is 11.2. The normalized spacial score (nSPS) is 14.8. The molecule has 1 saturated carbocycles. The van der Waals surface area contributed by atoms with Crippen molar-refractivity contribution in [2.24, 2.45) is 5.92 Å². The van der Waals surface area contributed by atoms with Gasteiger partial charge in [-0.05, 0) is 37.4 Å². The first kappa shape index (κ1) is 13.1. The lowest BCUT2D eigenvalue weighted by molar-refractivity contribution is 0.0928. The molecule has 0 bridgehead atoms. The van der Waals surface area contributed by atoms with Gasteiger partial charge in [0.05, 0.1) is 19.2 Å². The number of carbonyl (C=O) groups excluding carboxylic acids is 1. The van der Waals surface area contributed by atoms with Crippen molar-refractivity contribution in [1.82, 2.24) is 4.90 Å². The predicted octanol–water partition coefficient (Wildman–Crippen LogP) is 2.61. The molecular formula is C15H21NO2. The fourth-order valence-electron chi connectivity index (χ4n) is 2.13. The molecule has 3 nitrogen and oxygen atoms in total. The highest BCUT2D eigenvalue weighted by molar-refractivity contribution is 6.00. The second-order valence-electron chi connectivity index (χ2n) is 4.89. The smallest absolute Gasteiger partial charge is 0.180 e. The van der Waals surface area contributed by atoms with Crippen molar-refractivity contribution in [1.29, 1.82) is 0 Å². The van der Waals surface area contributed by atoms with Gasteiger partial charge >= 0.3 is 0 Å². The van der Waals surface area contributed by atoms with Gasteiger partial charge in [0.1, 0.15) is 5.75 Å². The van der Waals surface area contributed by atoms with Crippen LogP contribution in [0.25, 0.3) is 0 Å². The number of carbonyl (C=O) groups is 1. The fraction of sp³-hybridized carbons (Fsp3) is 0.533. The minimum atomic E-state index is 0.148. The van der Waals surface area contributed by atoms with E-state index >= 15 is 0 Å².